The zero-order chi connectivity index (χ0) is 12.5. The van der Waals surface area contributed by atoms with Crippen LogP contribution in [-0.4, -0.2) is 47.7 Å². The molecule has 0 spiro atoms. The third kappa shape index (κ3) is 6.13. The molecule has 17 heavy (non-hydrogen) atoms. The van der Waals surface area contributed by atoms with E-state index in [-0.39, 0.29) is 5.78 Å². The predicted octanol–water partition coefficient (Wildman–Crippen LogP) is 0.463. The second kappa shape index (κ2) is 7.92. The monoisotopic (exact) mass is 241 g/mol. The SMILES string of the molecule is COCCOCCn1cc(CCC(C)=O)nn1. The first-order valence-corrected chi connectivity index (χ1v) is 5.67. The van der Waals surface area contributed by atoms with Crippen molar-refractivity contribution in [2.75, 3.05) is 26.9 Å². The van der Waals surface area contributed by atoms with Crippen LogP contribution in [0.15, 0.2) is 6.20 Å². The van der Waals surface area contributed by atoms with Crippen LogP contribution in [0.1, 0.15) is 19.0 Å². The molecule has 0 aliphatic carbocycles. The maximum absolute atomic E-state index is 10.8. The highest BCUT2D eigenvalue weighted by molar-refractivity contribution is 5.75. The fourth-order valence-electron chi connectivity index (χ4n) is 1.27. The van der Waals surface area contributed by atoms with Crippen molar-refractivity contribution in [1.82, 2.24) is 15.0 Å². The summed E-state index contributed by atoms with van der Waals surface area (Å²) in [6.45, 7) is 4.01. The molecule has 0 unspecified atom stereocenters. The fraction of sp³-hybridized carbons (Fsp3) is 0.727. The first-order chi connectivity index (χ1) is 8.22. The Morgan fingerprint density at radius 1 is 1.41 bits per heavy atom. The molecule has 96 valence electrons. The number of aromatic nitrogens is 3. The number of ether oxygens (including phenoxy) is 2. The van der Waals surface area contributed by atoms with Crippen molar-refractivity contribution in [3.8, 4) is 0 Å². The van der Waals surface area contributed by atoms with Crippen LogP contribution >= 0.6 is 0 Å². The molecule has 0 aromatic carbocycles. The van der Waals surface area contributed by atoms with Gasteiger partial charge in [-0.3, -0.25) is 0 Å². The molecule has 0 N–H and O–H groups in total. The molecule has 0 atom stereocenters. The largest absolute Gasteiger partial charge is 0.382 e. The Labute approximate surface area is 101 Å². The Hall–Kier alpha value is -1.27. The van der Waals surface area contributed by atoms with Crippen LogP contribution in [0.4, 0.5) is 0 Å². The molecule has 0 saturated carbocycles. The molecule has 0 amide bonds. The summed E-state index contributed by atoms with van der Waals surface area (Å²) < 4.78 is 11.9. The lowest BCUT2D eigenvalue weighted by Gasteiger charge is -2.02. The number of hydrogen-bond acceptors (Lipinski definition) is 5. The molecule has 0 fully saturated rings. The molecule has 1 heterocycles. The highest BCUT2D eigenvalue weighted by Crippen LogP contribution is 1.98. The van der Waals surface area contributed by atoms with Crippen molar-refractivity contribution in [1.29, 1.82) is 0 Å². The summed E-state index contributed by atoms with van der Waals surface area (Å²) in [5.41, 5.74) is 0.845. The van der Waals surface area contributed by atoms with Gasteiger partial charge in [-0.1, -0.05) is 5.21 Å². The van der Waals surface area contributed by atoms with Gasteiger partial charge in [0.25, 0.3) is 0 Å². The Morgan fingerprint density at radius 3 is 2.94 bits per heavy atom. The van der Waals surface area contributed by atoms with Crippen LogP contribution in [0, 0.1) is 0 Å². The number of rotatable bonds is 9. The van der Waals surface area contributed by atoms with E-state index in [2.05, 4.69) is 10.3 Å². The van der Waals surface area contributed by atoms with Gasteiger partial charge < -0.3 is 14.3 Å². The lowest BCUT2D eigenvalue weighted by molar-refractivity contribution is -0.116. The summed E-state index contributed by atoms with van der Waals surface area (Å²) in [6, 6.07) is 0. The van der Waals surface area contributed by atoms with Crippen molar-refractivity contribution in [2.24, 2.45) is 0 Å². The lowest BCUT2D eigenvalue weighted by Crippen LogP contribution is -2.09. The Bertz CT molecular complexity index is 338. The van der Waals surface area contributed by atoms with Crippen LogP contribution in [0.2, 0.25) is 0 Å². The maximum atomic E-state index is 10.8. The van der Waals surface area contributed by atoms with Crippen molar-refractivity contribution >= 4 is 5.78 Å². The molecule has 1 aromatic rings. The normalized spacial score (nSPS) is 10.7. The topological polar surface area (TPSA) is 66.2 Å². The number of hydrogen-bond donors (Lipinski definition) is 0. The smallest absolute Gasteiger partial charge is 0.130 e. The fourth-order valence-corrected chi connectivity index (χ4v) is 1.27. The lowest BCUT2D eigenvalue weighted by atomic mass is 10.2. The molecule has 0 aliphatic heterocycles. The molecule has 6 nitrogen and oxygen atoms in total. The summed E-state index contributed by atoms with van der Waals surface area (Å²) in [4.78, 5) is 10.8. The molecule has 0 aliphatic rings. The van der Waals surface area contributed by atoms with E-state index in [9.17, 15) is 4.79 Å². The molecule has 0 bridgehead atoms. The molecular weight excluding hydrogens is 222 g/mol. The van der Waals surface area contributed by atoms with Crippen LogP contribution in [0.25, 0.3) is 0 Å². The molecule has 1 aromatic heterocycles. The van der Waals surface area contributed by atoms with Gasteiger partial charge in [-0.15, -0.1) is 5.10 Å². The van der Waals surface area contributed by atoms with E-state index in [1.165, 1.54) is 0 Å². The number of methoxy groups -OCH3 is 1. The van der Waals surface area contributed by atoms with Crippen molar-refractivity contribution < 1.29 is 14.3 Å². The zero-order valence-corrected chi connectivity index (χ0v) is 10.4. The van der Waals surface area contributed by atoms with E-state index in [0.717, 1.165) is 5.69 Å². The second-order valence-corrected chi connectivity index (χ2v) is 3.78. The van der Waals surface area contributed by atoms with Crippen LogP contribution < -0.4 is 0 Å². The van der Waals surface area contributed by atoms with Crippen molar-refractivity contribution in [3.05, 3.63) is 11.9 Å². The van der Waals surface area contributed by atoms with Crippen molar-refractivity contribution in [2.45, 2.75) is 26.3 Å². The maximum Gasteiger partial charge on any atom is 0.130 e. The van der Waals surface area contributed by atoms with Gasteiger partial charge in [0.1, 0.15) is 5.78 Å². The molecule has 0 saturated heterocycles. The van der Waals surface area contributed by atoms with E-state index < -0.39 is 0 Å². The number of carbonyl (C=O) groups is 1. The third-order valence-electron chi connectivity index (χ3n) is 2.22. The average molecular weight is 241 g/mol. The number of Topliss-reactive ketones (excluding diaryl/α,β-unsaturated/α-hetero) is 1. The number of ketones is 1. The highest BCUT2D eigenvalue weighted by Gasteiger charge is 2.02. The first kappa shape index (κ1) is 13.8. The summed E-state index contributed by atoms with van der Waals surface area (Å²) in [5.74, 6) is 0.169. The Balaban J connectivity index is 2.19. The summed E-state index contributed by atoms with van der Waals surface area (Å²) >= 11 is 0. The van der Waals surface area contributed by atoms with Gasteiger partial charge in [0.15, 0.2) is 0 Å². The van der Waals surface area contributed by atoms with E-state index in [0.29, 0.717) is 39.2 Å². The summed E-state index contributed by atoms with van der Waals surface area (Å²) in [6.07, 6.45) is 3.02. The van der Waals surface area contributed by atoms with E-state index in [1.807, 2.05) is 6.20 Å². The number of nitrogens with zero attached hydrogens (tertiary/aromatic N) is 3. The summed E-state index contributed by atoms with van der Waals surface area (Å²) in [7, 11) is 1.64. The minimum absolute atomic E-state index is 0.169. The van der Waals surface area contributed by atoms with Crippen LogP contribution in [0.3, 0.4) is 0 Å². The van der Waals surface area contributed by atoms with Gasteiger partial charge in [-0.2, -0.15) is 0 Å². The zero-order valence-electron chi connectivity index (χ0n) is 10.4. The first-order valence-electron chi connectivity index (χ1n) is 5.67. The highest BCUT2D eigenvalue weighted by atomic mass is 16.5. The van der Waals surface area contributed by atoms with E-state index in [4.69, 9.17) is 9.47 Å². The predicted molar refractivity (Wildman–Crippen MR) is 61.7 cm³/mol. The average Bonchev–Trinajstić information content (AvgIpc) is 2.74. The van der Waals surface area contributed by atoms with Gasteiger partial charge in [0.2, 0.25) is 0 Å². The molecule has 1 rings (SSSR count). The van der Waals surface area contributed by atoms with Gasteiger partial charge in [-0.05, 0) is 13.3 Å². The quantitative estimate of drug-likeness (QED) is 0.588. The third-order valence-corrected chi connectivity index (χ3v) is 2.22. The molecular formula is C11H19N3O3. The molecule has 6 heteroatoms. The van der Waals surface area contributed by atoms with E-state index >= 15 is 0 Å². The Morgan fingerprint density at radius 2 is 2.24 bits per heavy atom. The second-order valence-electron chi connectivity index (χ2n) is 3.78. The Kier molecular flexibility index (Phi) is 6.42. The number of aryl methyl sites for hydroxylation is 1. The standard InChI is InChI=1S/C11H19N3O3/c1-10(15)3-4-11-9-14(13-12-11)5-6-17-8-7-16-2/h9H,3-8H2,1-2H3. The van der Waals surface area contributed by atoms with Crippen LogP contribution in [-0.2, 0) is 27.2 Å². The van der Waals surface area contributed by atoms with Crippen LogP contribution in [0.5, 0.6) is 0 Å². The van der Waals surface area contributed by atoms with Crippen molar-refractivity contribution in [3.63, 3.8) is 0 Å². The van der Waals surface area contributed by atoms with E-state index in [1.54, 1.807) is 18.7 Å². The van der Waals surface area contributed by atoms with Gasteiger partial charge in [-0.25, -0.2) is 4.68 Å². The van der Waals surface area contributed by atoms with Gasteiger partial charge in [0, 0.05) is 19.7 Å². The van der Waals surface area contributed by atoms with Gasteiger partial charge in [0.05, 0.1) is 32.1 Å². The minimum Gasteiger partial charge on any atom is -0.382 e. The number of carbonyl (C=O) groups excluding carboxylic acids is 1. The molecule has 0 radical (unpaired) electrons. The minimum atomic E-state index is 0.169. The van der Waals surface area contributed by atoms with Gasteiger partial charge >= 0.3 is 0 Å². The summed E-state index contributed by atoms with van der Waals surface area (Å²) in [5, 5.41) is 7.94.